The van der Waals surface area contributed by atoms with Crippen molar-refractivity contribution in [3.63, 3.8) is 0 Å². The molecule has 2 amide bonds. The van der Waals surface area contributed by atoms with Crippen LogP contribution in [0.5, 0.6) is 17.2 Å². The molecule has 1 aliphatic carbocycles. The Kier molecular flexibility index (Phi) is 9.82. The molecule has 7 heteroatoms. The van der Waals surface area contributed by atoms with Gasteiger partial charge in [-0.15, -0.1) is 0 Å². The number of benzene rings is 2. The molecule has 0 aliphatic heterocycles. The van der Waals surface area contributed by atoms with E-state index >= 15 is 0 Å². The van der Waals surface area contributed by atoms with E-state index in [2.05, 4.69) is 5.32 Å². The predicted molar refractivity (Wildman–Crippen MR) is 136 cm³/mol. The van der Waals surface area contributed by atoms with Gasteiger partial charge in [0.25, 0.3) is 0 Å². The molecule has 1 atom stereocenters. The van der Waals surface area contributed by atoms with Gasteiger partial charge in [0, 0.05) is 19.0 Å². The van der Waals surface area contributed by atoms with Gasteiger partial charge < -0.3 is 24.4 Å². The SMILES string of the molecule is CC[C@H](C(=O)NC1CCCC1)N(Cc1ccc(OC)cc1)C(=O)CCc1ccc(OC)c(OC)c1. The van der Waals surface area contributed by atoms with E-state index < -0.39 is 6.04 Å². The number of methoxy groups -OCH3 is 3. The van der Waals surface area contributed by atoms with Crippen LogP contribution >= 0.6 is 0 Å². The molecular weight excluding hydrogens is 444 g/mol. The van der Waals surface area contributed by atoms with Crippen LogP contribution in [0.3, 0.4) is 0 Å². The molecule has 3 rings (SSSR count). The lowest BCUT2D eigenvalue weighted by molar-refractivity contribution is -0.141. The average molecular weight is 483 g/mol. The van der Waals surface area contributed by atoms with Crippen LogP contribution in [0.1, 0.15) is 56.6 Å². The molecule has 0 heterocycles. The van der Waals surface area contributed by atoms with Crippen LogP contribution in [0.25, 0.3) is 0 Å². The maximum absolute atomic E-state index is 13.5. The van der Waals surface area contributed by atoms with Gasteiger partial charge in [-0.3, -0.25) is 9.59 Å². The van der Waals surface area contributed by atoms with Gasteiger partial charge in [-0.2, -0.15) is 0 Å². The minimum Gasteiger partial charge on any atom is -0.497 e. The summed E-state index contributed by atoms with van der Waals surface area (Å²) in [6, 6.07) is 13.0. The normalized spacial score (nSPS) is 14.3. The predicted octanol–water partition coefficient (Wildman–Crippen LogP) is 4.51. The summed E-state index contributed by atoms with van der Waals surface area (Å²) in [5.74, 6) is 1.93. The van der Waals surface area contributed by atoms with Crippen molar-refractivity contribution >= 4 is 11.8 Å². The van der Waals surface area contributed by atoms with Crippen molar-refractivity contribution in [2.75, 3.05) is 21.3 Å². The molecule has 1 aliphatic rings. The summed E-state index contributed by atoms with van der Waals surface area (Å²) in [4.78, 5) is 28.5. The monoisotopic (exact) mass is 482 g/mol. The second kappa shape index (κ2) is 13.0. The highest BCUT2D eigenvalue weighted by Crippen LogP contribution is 2.28. The summed E-state index contributed by atoms with van der Waals surface area (Å²) in [6.45, 7) is 2.33. The Morgan fingerprint density at radius 1 is 0.943 bits per heavy atom. The standard InChI is InChI=1S/C28H38N2O5/c1-5-24(28(32)29-22-8-6-7-9-22)30(19-21-10-14-23(33-2)15-11-21)27(31)17-13-20-12-16-25(34-3)26(18-20)35-4/h10-12,14-16,18,22,24H,5-9,13,17,19H2,1-4H3,(H,29,32)/t24-/m1/s1. The molecule has 2 aromatic rings. The largest absolute Gasteiger partial charge is 0.497 e. The average Bonchev–Trinajstić information content (AvgIpc) is 3.40. The molecule has 0 aromatic heterocycles. The summed E-state index contributed by atoms with van der Waals surface area (Å²) in [6.07, 6.45) is 5.68. The van der Waals surface area contributed by atoms with Gasteiger partial charge in [0.15, 0.2) is 11.5 Å². The fourth-order valence-electron chi connectivity index (χ4n) is 4.65. The summed E-state index contributed by atoms with van der Waals surface area (Å²) >= 11 is 0. The van der Waals surface area contributed by atoms with Crippen molar-refractivity contribution in [2.24, 2.45) is 0 Å². The maximum atomic E-state index is 13.5. The Balaban J connectivity index is 1.77. The van der Waals surface area contributed by atoms with E-state index in [0.717, 1.165) is 42.6 Å². The topological polar surface area (TPSA) is 77.1 Å². The maximum Gasteiger partial charge on any atom is 0.243 e. The van der Waals surface area contributed by atoms with E-state index in [1.54, 1.807) is 26.2 Å². The van der Waals surface area contributed by atoms with Gasteiger partial charge >= 0.3 is 0 Å². The third kappa shape index (κ3) is 7.13. The van der Waals surface area contributed by atoms with Gasteiger partial charge in [-0.1, -0.05) is 38.0 Å². The molecular formula is C28H38N2O5. The lowest BCUT2D eigenvalue weighted by Crippen LogP contribution is -2.51. The Morgan fingerprint density at radius 2 is 1.60 bits per heavy atom. The quantitative estimate of drug-likeness (QED) is 0.482. The smallest absolute Gasteiger partial charge is 0.243 e. The van der Waals surface area contributed by atoms with Gasteiger partial charge in [0.1, 0.15) is 11.8 Å². The molecule has 190 valence electrons. The van der Waals surface area contributed by atoms with Crippen LogP contribution in [0.15, 0.2) is 42.5 Å². The first-order chi connectivity index (χ1) is 17.0. The van der Waals surface area contributed by atoms with Crippen molar-refractivity contribution in [2.45, 2.75) is 70.5 Å². The van der Waals surface area contributed by atoms with E-state index in [0.29, 0.717) is 37.3 Å². The number of rotatable bonds is 12. The number of nitrogens with zero attached hydrogens (tertiary/aromatic N) is 1. The molecule has 2 aromatic carbocycles. The zero-order chi connectivity index (χ0) is 25.2. The van der Waals surface area contributed by atoms with Crippen molar-refractivity contribution in [1.82, 2.24) is 10.2 Å². The molecule has 35 heavy (non-hydrogen) atoms. The van der Waals surface area contributed by atoms with Crippen molar-refractivity contribution < 1.29 is 23.8 Å². The Morgan fingerprint density at radius 3 is 2.20 bits per heavy atom. The summed E-state index contributed by atoms with van der Waals surface area (Å²) in [5, 5.41) is 3.19. The Bertz CT molecular complexity index is 970. The molecule has 0 radical (unpaired) electrons. The van der Waals surface area contributed by atoms with Crippen LogP contribution < -0.4 is 19.5 Å². The van der Waals surface area contributed by atoms with Crippen LogP contribution in [0.4, 0.5) is 0 Å². The summed E-state index contributed by atoms with van der Waals surface area (Å²) < 4.78 is 16.0. The first-order valence-electron chi connectivity index (χ1n) is 12.4. The van der Waals surface area contributed by atoms with E-state index in [4.69, 9.17) is 14.2 Å². The van der Waals surface area contributed by atoms with E-state index in [-0.39, 0.29) is 17.9 Å². The highest BCUT2D eigenvalue weighted by Gasteiger charge is 2.30. The lowest BCUT2D eigenvalue weighted by Gasteiger charge is -2.31. The van der Waals surface area contributed by atoms with E-state index in [9.17, 15) is 9.59 Å². The number of aryl methyl sites for hydroxylation is 1. The molecule has 0 bridgehead atoms. The summed E-state index contributed by atoms with van der Waals surface area (Å²) in [5.41, 5.74) is 1.93. The third-order valence-electron chi connectivity index (χ3n) is 6.67. The van der Waals surface area contributed by atoms with E-state index in [1.165, 1.54) is 0 Å². The number of ether oxygens (including phenoxy) is 3. The number of amides is 2. The molecule has 0 spiro atoms. The minimum atomic E-state index is -0.518. The second-order valence-electron chi connectivity index (χ2n) is 8.97. The summed E-state index contributed by atoms with van der Waals surface area (Å²) in [7, 11) is 4.82. The highest BCUT2D eigenvalue weighted by molar-refractivity contribution is 5.88. The lowest BCUT2D eigenvalue weighted by atomic mass is 10.0. The number of nitrogens with one attached hydrogen (secondary N) is 1. The number of hydrogen-bond acceptors (Lipinski definition) is 5. The number of carbonyl (C=O) groups is 2. The highest BCUT2D eigenvalue weighted by atomic mass is 16.5. The number of hydrogen-bond donors (Lipinski definition) is 1. The van der Waals surface area contributed by atoms with Gasteiger partial charge in [0.05, 0.1) is 21.3 Å². The van der Waals surface area contributed by atoms with Crippen molar-refractivity contribution in [3.8, 4) is 17.2 Å². The van der Waals surface area contributed by atoms with Crippen LogP contribution in [0, 0.1) is 0 Å². The molecule has 1 saturated carbocycles. The first kappa shape index (κ1) is 26.4. The molecule has 1 N–H and O–H groups in total. The van der Waals surface area contributed by atoms with Gasteiger partial charge in [-0.25, -0.2) is 0 Å². The Hall–Kier alpha value is -3.22. The van der Waals surface area contributed by atoms with Crippen LogP contribution in [-0.4, -0.2) is 50.1 Å². The molecule has 1 fully saturated rings. The Labute approximate surface area is 208 Å². The zero-order valence-electron chi connectivity index (χ0n) is 21.3. The van der Waals surface area contributed by atoms with Crippen molar-refractivity contribution in [1.29, 1.82) is 0 Å². The first-order valence-corrected chi connectivity index (χ1v) is 12.4. The fraction of sp³-hybridized carbons (Fsp3) is 0.500. The molecule has 7 nitrogen and oxygen atoms in total. The van der Waals surface area contributed by atoms with Gasteiger partial charge in [-0.05, 0) is 61.1 Å². The second-order valence-corrected chi connectivity index (χ2v) is 8.97. The fourth-order valence-corrected chi connectivity index (χ4v) is 4.65. The zero-order valence-corrected chi connectivity index (χ0v) is 21.3. The molecule has 0 saturated heterocycles. The van der Waals surface area contributed by atoms with Crippen LogP contribution in [-0.2, 0) is 22.6 Å². The minimum absolute atomic E-state index is 0.0518. The van der Waals surface area contributed by atoms with Crippen molar-refractivity contribution in [3.05, 3.63) is 53.6 Å². The van der Waals surface area contributed by atoms with Crippen LogP contribution in [0.2, 0.25) is 0 Å². The third-order valence-corrected chi connectivity index (χ3v) is 6.67. The number of carbonyl (C=O) groups excluding carboxylic acids is 2. The molecule has 0 unspecified atom stereocenters. The van der Waals surface area contributed by atoms with Gasteiger partial charge in [0.2, 0.25) is 11.8 Å². The van der Waals surface area contributed by atoms with E-state index in [1.807, 2.05) is 49.4 Å².